The highest BCUT2D eigenvalue weighted by Gasteiger charge is 2.17. The van der Waals surface area contributed by atoms with E-state index < -0.39 is 0 Å². The van der Waals surface area contributed by atoms with Gasteiger partial charge in [-0.05, 0) is 31.2 Å². The largest absolute Gasteiger partial charge is 0.330 e. The molecule has 2 N–H and O–H groups in total. The van der Waals surface area contributed by atoms with Gasteiger partial charge in [0.2, 0.25) is 0 Å². The lowest BCUT2D eigenvalue weighted by Gasteiger charge is -2.23. The first-order chi connectivity index (χ1) is 7.52. The molecule has 0 atom stereocenters. The van der Waals surface area contributed by atoms with Crippen molar-refractivity contribution in [3.63, 3.8) is 0 Å². The van der Waals surface area contributed by atoms with Gasteiger partial charge in [0.05, 0.1) is 0 Å². The molecule has 0 saturated carbocycles. The monoisotopic (exact) mass is 227 g/mol. The van der Waals surface area contributed by atoms with Gasteiger partial charge in [-0.2, -0.15) is 0 Å². The molecule has 2 heteroatoms. The molecule has 0 aliphatic rings. The summed E-state index contributed by atoms with van der Waals surface area (Å²) in [6.45, 7) is 7.31. The Morgan fingerprint density at radius 3 is 2.31 bits per heavy atom. The third-order valence-electron chi connectivity index (χ3n) is 3.21. The van der Waals surface area contributed by atoms with Crippen molar-refractivity contribution in [3.8, 4) is 0 Å². The van der Waals surface area contributed by atoms with Gasteiger partial charge in [0.25, 0.3) is 0 Å². The van der Waals surface area contributed by atoms with Crippen molar-refractivity contribution in [3.05, 3.63) is 0 Å². The number of nitrogens with two attached hydrogens (primary N) is 1. The average molecular weight is 227 g/mol. The van der Waals surface area contributed by atoms with Gasteiger partial charge in [-0.3, -0.25) is 4.79 Å². The van der Waals surface area contributed by atoms with E-state index in [-0.39, 0.29) is 5.41 Å². The standard InChI is InChI=1S/C14H29NO/c1-4-5-6-7-8-13(16)9-10-14(2,3)11-12-15/h4-12,15H2,1-3H3. The maximum absolute atomic E-state index is 11.6. The van der Waals surface area contributed by atoms with Crippen LogP contribution in [0.15, 0.2) is 0 Å². The molecular weight excluding hydrogens is 198 g/mol. The molecular formula is C14H29NO. The topological polar surface area (TPSA) is 43.1 Å². The minimum Gasteiger partial charge on any atom is -0.330 e. The lowest BCUT2D eigenvalue weighted by molar-refractivity contribution is -0.119. The summed E-state index contributed by atoms with van der Waals surface area (Å²) in [6, 6.07) is 0. The molecule has 0 radical (unpaired) electrons. The van der Waals surface area contributed by atoms with Crippen LogP contribution >= 0.6 is 0 Å². The molecule has 16 heavy (non-hydrogen) atoms. The lowest BCUT2D eigenvalue weighted by atomic mass is 9.83. The fourth-order valence-corrected chi connectivity index (χ4v) is 1.87. The Kier molecular flexibility index (Phi) is 8.54. The molecule has 0 aromatic heterocycles. The van der Waals surface area contributed by atoms with Crippen LogP contribution in [0, 0.1) is 5.41 Å². The van der Waals surface area contributed by atoms with Crippen LogP contribution < -0.4 is 5.73 Å². The van der Waals surface area contributed by atoms with Crippen molar-refractivity contribution in [2.45, 2.75) is 72.1 Å². The molecule has 0 aliphatic carbocycles. The molecule has 0 rings (SSSR count). The van der Waals surface area contributed by atoms with Gasteiger partial charge in [0, 0.05) is 12.8 Å². The predicted octanol–water partition coefficient (Wildman–Crippen LogP) is 3.68. The van der Waals surface area contributed by atoms with Crippen molar-refractivity contribution >= 4 is 5.78 Å². The first kappa shape index (κ1) is 15.6. The Morgan fingerprint density at radius 1 is 1.06 bits per heavy atom. The van der Waals surface area contributed by atoms with Crippen molar-refractivity contribution < 1.29 is 4.79 Å². The average Bonchev–Trinajstić information content (AvgIpc) is 2.22. The van der Waals surface area contributed by atoms with E-state index in [1.165, 1.54) is 19.3 Å². The van der Waals surface area contributed by atoms with E-state index in [9.17, 15) is 4.79 Å². The highest BCUT2D eigenvalue weighted by atomic mass is 16.1. The normalized spacial score (nSPS) is 11.8. The van der Waals surface area contributed by atoms with E-state index in [1.54, 1.807) is 0 Å². The minimum atomic E-state index is 0.230. The van der Waals surface area contributed by atoms with Crippen molar-refractivity contribution in [2.24, 2.45) is 11.1 Å². The predicted molar refractivity (Wildman–Crippen MR) is 70.5 cm³/mol. The van der Waals surface area contributed by atoms with Crippen molar-refractivity contribution in [1.82, 2.24) is 0 Å². The molecule has 2 nitrogen and oxygen atoms in total. The lowest BCUT2D eigenvalue weighted by Crippen LogP contribution is -2.18. The molecule has 0 fully saturated rings. The second-order valence-electron chi connectivity index (χ2n) is 5.55. The summed E-state index contributed by atoms with van der Waals surface area (Å²) in [7, 11) is 0. The van der Waals surface area contributed by atoms with Crippen LogP contribution in [0.4, 0.5) is 0 Å². The smallest absolute Gasteiger partial charge is 0.132 e. The van der Waals surface area contributed by atoms with Gasteiger partial charge in [-0.1, -0.05) is 40.0 Å². The molecule has 0 saturated heterocycles. The molecule has 0 aromatic carbocycles. The fraction of sp³-hybridized carbons (Fsp3) is 0.929. The molecule has 0 heterocycles. The zero-order valence-corrected chi connectivity index (χ0v) is 11.3. The van der Waals surface area contributed by atoms with E-state index in [4.69, 9.17) is 5.73 Å². The quantitative estimate of drug-likeness (QED) is 0.578. The van der Waals surface area contributed by atoms with Crippen LogP contribution in [-0.2, 0) is 4.79 Å². The summed E-state index contributed by atoms with van der Waals surface area (Å²) in [5, 5.41) is 0. The molecule has 0 spiro atoms. The fourth-order valence-electron chi connectivity index (χ4n) is 1.87. The summed E-state index contributed by atoms with van der Waals surface area (Å²) < 4.78 is 0. The van der Waals surface area contributed by atoms with Gasteiger partial charge in [-0.25, -0.2) is 0 Å². The molecule has 0 amide bonds. The SMILES string of the molecule is CCCCCCC(=O)CCC(C)(C)CCN. The van der Waals surface area contributed by atoms with Crippen LogP contribution in [0.25, 0.3) is 0 Å². The number of hydrogen-bond acceptors (Lipinski definition) is 2. The Hall–Kier alpha value is -0.370. The van der Waals surface area contributed by atoms with Gasteiger partial charge in [-0.15, -0.1) is 0 Å². The molecule has 0 aromatic rings. The number of unbranched alkanes of at least 4 members (excludes halogenated alkanes) is 3. The third kappa shape index (κ3) is 8.90. The minimum absolute atomic E-state index is 0.230. The summed E-state index contributed by atoms with van der Waals surface area (Å²) in [5.41, 5.74) is 5.78. The second kappa shape index (κ2) is 8.74. The van der Waals surface area contributed by atoms with Crippen LogP contribution in [0.1, 0.15) is 72.1 Å². The summed E-state index contributed by atoms with van der Waals surface area (Å²) in [4.78, 5) is 11.6. The highest BCUT2D eigenvalue weighted by Crippen LogP contribution is 2.26. The maximum Gasteiger partial charge on any atom is 0.132 e. The zero-order valence-electron chi connectivity index (χ0n) is 11.3. The number of carbonyl (C=O) groups is 1. The van der Waals surface area contributed by atoms with Crippen LogP contribution in [0.3, 0.4) is 0 Å². The number of Topliss-reactive ketones (excluding diaryl/α,β-unsaturated/α-hetero) is 1. The van der Waals surface area contributed by atoms with E-state index in [0.29, 0.717) is 5.78 Å². The number of rotatable bonds is 10. The Balaban J connectivity index is 3.56. The van der Waals surface area contributed by atoms with E-state index in [2.05, 4.69) is 20.8 Å². The number of ketones is 1. The zero-order chi connectivity index (χ0) is 12.4. The number of hydrogen-bond donors (Lipinski definition) is 1. The van der Waals surface area contributed by atoms with E-state index in [0.717, 1.165) is 38.6 Å². The molecule has 96 valence electrons. The van der Waals surface area contributed by atoms with Crippen molar-refractivity contribution in [2.75, 3.05) is 6.54 Å². The van der Waals surface area contributed by atoms with Gasteiger partial charge in [0.15, 0.2) is 0 Å². The molecule has 0 aliphatic heterocycles. The number of carbonyl (C=O) groups excluding carboxylic acids is 1. The Bertz CT molecular complexity index is 187. The molecule has 0 bridgehead atoms. The van der Waals surface area contributed by atoms with Gasteiger partial charge in [0.1, 0.15) is 5.78 Å². The van der Waals surface area contributed by atoms with Gasteiger partial charge < -0.3 is 5.73 Å². The Labute approximate surface area is 101 Å². The van der Waals surface area contributed by atoms with Crippen LogP contribution in [-0.4, -0.2) is 12.3 Å². The van der Waals surface area contributed by atoms with Gasteiger partial charge >= 0.3 is 0 Å². The first-order valence-corrected chi connectivity index (χ1v) is 6.73. The summed E-state index contributed by atoms with van der Waals surface area (Å²) >= 11 is 0. The summed E-state index contributed by atoms with van der Waals surface area (Å²) in [5.74, 6) is 0.432. The maximum atomic E-state index is 11.6. The molecule has 0 unspecified atom stereocenters. The van der Waals surface area contributed by atoms with Crippen LogP contribution in [0.2, 0.25) is 0 Å². The van der Waals surface area contributed by atoms with Crippen molar-refractivity contribution in [1.29, 1.82) is 0 Å². The summed E-state index contributed by atoms with van der Waals surface area (Å²) in [6.07, 6.45) is 8.27. The highest BCUT2D eigenvalue weighted by molar-refractivity contribution is 5.78. The van der Waals surface area contributed by atoms with Crippen LogP contribution in [0.5, 0.6) is 0 Å². The first-order valence-electron chi connectivity index (χ1n) is 6.73. The van der Waals surface area contributed by atoms with E-state index >= 15 is 0 Å². The Morgan fingerprint density at radius 2 is 1.75 bits per heavy atom. The second-order valence-corrected chi connectivity index (χ2v) is 5.55. The third-order valence-corrected chi connectivity index (χ3v) is 3.21. The van der Waals surface area contributed by atoms with E-state index in [1.807, 2.05) is 0 Å².